The number of H-pyrrole nitrogens is 1. The molecule has 0 radical (unpaired) electrons. The molecule has 1 aromatic carbocycles. The Hall–Kier alpha value is -2.60. The molecule has 3 fully saturated rings. The molecule has 0 saturated carbocycles. The molecule has 168 valence electrons. The molecule has 1 amide bonds. The Balaban J connectivity index is 1.34. The number of nitrogens with one attached hydrogen (secondary N) is 1. The number of carbonyl (C=O) groups is 1. The average Bonchev–Trinajstić information content (AvgIpc) is 3.33. The molecule has 4 atom stereocenters. The van der Waals surface area contributed by atoms with Gasteiger partial charge in [-0.15, -0.1) is 0 Å². The number of aromatic amines is 1. The van der Waals surface area contributed by atoms with Crippen molar-refractivity contribution in [3.8, 4) is 17.0 Å². The van der Waals surface area contributed by atoms with Crippen LogP contribution in [0.2, 0.25) is 0 Å². The molecule has 1 N–H and O–H groups in total. The first kappa shape index (κ1) is 20.0. The fraction of sp³-hybridized carbons (Fsp3) is 0.538. The van der Waals surface area contributed by atoms with Crippen molar-refractivity contribution in [1.29, 1.82) is 0 Å². The number of hydrogen-bond acceptors (Lipinski definition) is 4. The summed E-state index contributed by atoms with van der Waals surface area (Å²) in [6, 6.07) is 8.77. The summed E-state index contributed by atoms with van der Waals surface area (Å²) < 4.78 is 5.55. The van der Waals surface area contributed by atoms with E-state index in [0.717, 1.165) is 49.0 Å². The lowest BCUT2D eigenvalue weighted by Gasteiger charge is -2.54. The fourth-order valence-corrected chi connectivity index (χ4v) is 6.86. The van der Waals surface area contributed by atoms with Gasteiger partial charge in [-0.2, -0.15) is 5.10 Å². The molecule has 3 saturated heterocycles. The SMILES string of the molecule is COc1ccccc1-c1[nH]ncc1C(=O)N1CCCC2=C[C@H]3C[C@H](CN4CCCC[C@@H]34)[C@H]21. The predicted octanol–water partition coefficient (Wildman–Crippen LogP) is 4.12. The van der Waals surface area contributed by atoms with Crippen LogP contribution in [0.15, 0.2) is 42.1 Å². The van der Waals surface area contributed by atoms with Crippen LogP contribution >= 0.6 is 0 Å². The van der Waals surface area contributed by atoms with Gasteiger partial charge in [0, 0.05) is 24.7 Å². The lowest BCUT2D eigenvalue weighted by Crippen LogP contribution is -2.60. The van der Waals surface area contributed by atoms with Gasteiger partial charge in [0.25, 0.3) is 5.91 Å². The van der Waals surface area contributed by atoms with E-state index in [1.807, 2.05) is 24.3 Å². The van der Waals surface area contributed by atoms with Crippen molar-refractivity contribution in [3.63, 3.8) is 0 Å². The molecule has 2 bridgehead atoms. The Labute approximate surface area is 189 Å². The van der Waals surface area contributed by atoms with E-state index in [4.69, 9.17) is 4.74 Å². The zero-order valence-electron chi connectivity index (χ0n) is 18.8. The van der Waals surface area contributed by atoms with E-state index >= 15 is 0 Å². The third-order valence-corrected chi connectivity index (χ3v) is 8.16. The highest BCUT2D eigenvalue weighted by atomic mass is 16.5. The van der Waals surface area contributed by atoms with Crippen molar-refractivity contribution in [2.24, 2.45) is 11.8 Å². The summed E-state index contributed by atoms with van der Waals surface area (Å²) in [5.74, 6) is 2.05. The first-order chi connectivity index (χ1) is 15.7. The van der Waals surface area contributed by atoms with E-state index in [0.29, 0.717) is 17.4 Å². The number of likely N-dealkylation sites (tertiary alicyclic amines) is 1. The first-order valence-corrected chi connectivity index (χ1v) is 12.2. The molecule has 4 heterocycles. The number of para-hydroxylation sites is 1. The number of nitrogens with zero attached hydrogens (tertiary/aromatic N) is 3. The van der Waals surface area contributed by atoms with Crippen LogP contribution < -0.4 is 4.74 Å². The molecular formula is C26H32N4O2. The predicted molar refractivity (Wildman–Crippen MR) is 124 cm³/mol. The quantitative estimate of drug-likeness (QED) is 0.741. The smallest absolute Gasteiger partial charge is 0.258 e. The minimum absolute atomic E-state index is 0.0921. The van der Waals surface area contributed by atoms with Gasteiger partial charge in [-0.3, -0.25) is 14.8 Å². The van der Waals surface area contributed by atoms with Crippen molar-refractivity contribution >= 4 is 5.91 Å². The first-order valence-electron chi connectivity index (χ1n) is 12.2. The highest BCUT2D eigenvalue weighted by molar-refractivity contribution is 6.00. The summed E-state index contributed by atoms with van der Waals surface area (Å²) >= 11 is 0. The number of aromatic nitrogens is 2. The Bertz CT molecular complexity index is 1040. The van der Waals surface area contributed by atoms with Crippen molar-refractivity contribution in [2.45, 2.75) is 50.6 Å². The molecule has 2 aromatic rings. The number of hydrogen-bond donors (Lipinski definition) is 1. The minimum atomic E-state index is 0.0921. The maximum absolute atomic E-state index is 13.9. The summed E-state index contributed by atoms with van der Waals surface area (Å²) in [7, 11) is 1.66. The fourth-order valence-electron chi connectivity index (χ4n) is 6.86. The molecule has 1 aromatic heterocycles. The van der Waals surface area contributed by atoms with E-state index in [9.17, 15) is 4.79 Å². The minimum Gasteiger partial charge on any atom is -0.496 e. The summed E-state index contributed by atoms with van der Waals surface area (Å²) in [5, 5.41) is 7.33. The van der Waals surface area contributed by atoms with Gasteiger partial charge in [0.2, 0.25) is 0 Å². The topological polar surface area (TPSA) is 61.5 Å². The van der Waals surface area contributed by atoms with Gasteiger partial charge in [-0.1, -0.05) is 30.2 Å². The van der Waals surface area contributed by atoms with Gasteiger partial charge in [0.1, 0.15) is 5.75 Å². The maximum atomic E-state index is 13.9. The van der Waals surface area contributed by atoms with Gasteiger partial charge in [-0.25, -0.2) is 0 Å². The summed E-state index contributed by atoms with van der Waals surface area (Å²) in [6.45, 7) is 3.18. The van der Waals surface area contributed by atoms with Gasteiger partial charge in [0.05, 0.1) is 30.6 Å². The number of rotatable bonds is 3. The summed E-state index contributed by atoms with van der Waals surface area (Å²) in [5.41, 5.74) is 3.78. The zero-order valence-corrected chi connectivity index (χ0v) is 18.8. The van der Waals surface area contributed by atoms with Gasteiger partial charge >= 0.3 is 0 Å². The second-order valence-electron chi connectivity index (χ2n) is 9.87. The van der Waals surface area contributed by atoms with Crippen LogP contribution in [0.4, 0.5) is 0 Å². The lowest BCUT2D eigenvalue weighted by molar-refractivity contribution is 0.00150. The van der Waals surface area contributed by atoms with Gasteiger partial charge in [0.15, 0.2) is 0 Å². The van der Waals surface area contributed by atoms with Crippen LogP contribution in [0, 0.1) is 11.8 Å². The Morgan fingerprint density at radius 3 is 3.00 bits per heavy atom. The van der Waals surface area contributed by atoms with Crippen LogP contribution in [0.25, 0.3) is 11.3 Å². The van der Waals surface area contributed by atoms with E-state index in [-0.39, 0.29) is 11.9 Å². The van der Waals surface area contributed by atoms with Crippen molar-refractivity contribution in [3.05, 3.63) is 47.7 Å². The van der Waals surface area contributed by atoms with E-state index in [1.165, 1.54) is 37.8 Å². The van der Waals surface area contributed by atoms with Crippen LogP contribution in [0.5, 0.6) is 5.75 Å². The van der Waals surface area contributed by atoms with E-state index in [2.05, 4.69) is 26.1 Å². The Morgan fingerprint density at radius 1 is 1.19 bits per heavy atom. The Morgan fingerprint density at radius 2 is 2.09 bits per heavy atom. The highest BCUT2D eigenvalue weighted by Crippen LogP contribution is 2.45. The van der Waals surface area contributed by atoms with Crippen LogP contribution in [0.3, 0.4) is 0 Å². The number of ether oxygens (including phenoxy) is 1. The maximum Gasteiger partial charge on any atom is 0.258 e. The van der Waals surface area contributed by atoms with Crippen LogP contribution in [-0.2, 0) is 0 Å². The normalized spacial score (nSPS) is 29.7. The molecule has 4 aliphatic rings. The monoisotopic (exact) mass is 432 g/mol. The third kappa shape index (κ3) is 3.19. The van der Waals surface area contributed by atoms with Crippen molar-refractivity contribution in [2.75, 3.05) is 26.7 Å². The molecule has 1 aliphatic carbocycles. The number of amides is 1. The molecule has 3 aliphatic heterocycles. The number of fused-ring (bicyclic) bond motifs is 6. The van der Waals surface area contributed by atoms with Crippen molar-refractivity contribution in [1.82, 2.24) is 20.0 Å². The average molecular weight is 433 g/mol. The second-order valence-corrected chi connectivity index (χ2v) is 9.87. The number of piperidine rings is 3. The molecule has 32 heavy (non-hydrogen) atoms. The standard InChI is InChI=1S/C26H32N4O2/c1-32-23-10-3-2-8-20(23)24-21(15-27-28-24)26(31)30-12-6-7-17-13-18-14-19(25(17)30)16-29-11-5-4-9-22(18)29/h2-3,8,10,13,15,18-19,22,25H,4-7,9,11-12,14,16H2,1H3,(H,27,28)/t18-,19+,22-,25-/m0/s1. The van der Waals surface area contributed by atoms with Crippen molar-refractivity contribution < 1.29 is 9.53 Å². The van der Waals surface area contributed by atoms with Gasteiger partial charge < -0.3 is 9.64 Å². The highest BCUT2D eigenvalue weighted by Gasteiger charge is 2.47. The molecule has 6 heteroatoms. The Kier molecular flexibility index (Phi) is 5.05. The number of benzene rings is 1. The van der Waals surface area contributed by atoms with E-state index in [1.54, 1.807) is 13.3 Å². The zero-order chi connectivity index (χ0) is 21.7. The van der Waals surface area contributed by atoms with E-state index < -0.39 is 0 Å². The molecule has 6 nitrogen and oxygen atoms in total. The number of carbonyl (C=O) groups excluding carboxylic acids is 1. The van der Waals surface area contributed by atoms with Crippen LogP contribution in [0.1, 0.15) is 48.9 Å². The molecule has 6 rings (SSSR count). The van der Waals surface area contributed by atoms with Crippen LogP contribution in [-0.4, -0.2) is 64.7 Å². The second kappa shape index (κ2) is 8.07. The molecular weight excluding hydrogens is 400 g/mol. The molecule has 0 unspecified atom stereocenters. The summed E-state index contributed by atoms with van der Waals surface area (Å²) in [6.07, 6.45) is 11.7. The van der Waals surface area contributed by atoms with Gasteiger partial charge in [-0.05, 0) is 62.6 Å². The summed E-state index contributed by atoms with van der Waals surface area (Å²) in [4.78, 5) is 18.8. The third-order valence-electron chi connectivity index (χ3n) is 8.16. The number of methoxy groups -OCH3 is 1. The lowest BCUT2D eigenvalue weighted by atomic mass is 9.68. The largest absolute Gasteiger partial charge is 0.496 e. The molecule has 0 spiro atoms.